The fourth-order valence-corrected chi connectivity index (χ4v) is 2.37. The Balaban J connectivity index is 2.21. The molecule has 0 fully saturated rings. The summed E-state index contributed by atoms with van der Waals surface area (Å²) in [4.78, 5) is 34.0. The number of aliphatic carboxylic acids is 1. The highest BCUT2D eigenvalue weighted by atomic mass is 16.6. The summed E-state index contributed by atoms with van der Waals surface area (Å²) in [6.07, 6.45) is 2.27. The van der Waals surface area contributed by atoms with Crippen molar-refractivity contribution >= 4 is 17.6 Å². The van der Waals surface area contributed by atoms with E-state index in [0.29, 0.717) is 5.56 Å². The van der Waals surface area contributed by atoms with E-state index in [0.717, 1.165) is 17.1 Å². The van der Waals surface area contributed by atoms with Gasteiger partial charge < -0.3 is 10.4 Å². The van der Waals surface area contributed by atoms with E-state index in [9.17, 15) is 24.8 Å². The molecule has 126 valence electrons. The Bertz CT molecular complexity index is 758. The van der Waals surface area contributed by atoms with Crippen molar-refractivity contribution in [3.8, 4) is 0 Å². The van der Waals surface area contributed by atoms with Gasteiger partial charge in [-0.05, 0) is 12.0 Å². The topological polar surface area (TPSA) is 127 Å². The zero-order chi connectivity index (χ0) is 17.7. The molecule has 9 heteroatoms. The highest BCUT2D eigenvalue weighted by molar-refractivity contribution is 5.88. The average molecular weight is 332 g/mol. The third-order valence-electron chi connectivity index (χ3n) is 3.65. The van der Waals surface area contributed by atoms with Gasteiger partial charge in [0.2, 0.25) is 5.91 Å². The predicted molar refractivity (Wildman–Crippen MR) is 83.1 cm³/mol. The van der Waals surface area contributed by atoms with Crippen LogP contribution in [-0.4, -0.2) is 31.7 Å². The quantitative estimate of drug-likeness (QED) is 0.581. The Morgan fingerprint density at radius 2 is 2.04 bits per heavy atom. The molecule has 9 nitrogen and oxygen atoms in total. The molecule has 0 aliphatic rings. The van der Waals surface area contributed by atoms with E-state index in [4.69, 9.17) is 0 Å². The van der Waals surface area contributed by atoms with Crippen molar-refractivity contribution in [1.29, 1.82) is 0 Å². The van der Waals surface area contributed by atoms with Gasteiger partial charge >= 0.3 is 11.7 Å². The number of carbonyl (C=O) groups excluding carboxylic acids is 1. The van der Waals surface area contributed by atoms with Crippen LogP contribution in [0.2, 0.25) is 0 Å². The van der Waals surface area contributed by atoms with Crippen molar-refractivity contribution in [3.05, 3.63) is 58.4 Å². The summed E-state index contributed by atoms with van der Waals surface area (Å²) in [5.41, 5.74) is -1.37. The molecule has 24 heavy (non-hydrogen) atoms. The zero-order valence-corrected chi connectivity index (χ0v) is 12.9. The molecule has 2 N–H and O–H groups in total. The zero-order valence-electron chi connectivity index (χ0n) is 12.9. The normalized spacial score (nSPS) is 13.0. The molecule has 0 saturated carbocycles. The molecule has 0 bridgehead atoms. The Morgan fingerprint density at radius 1 is 1.38 bits per heavy atom. The van der Waals surface area contributed by atoms with Gasteiger partial charge in [0, 0.05) is 0 Å². The van der Waals surface area contributed by atoms with Gasteiger partial charge in [0.25, 0.3) is 0 Å². The highest BCUT2D eigenvalue weighted by Gasteiger charge is 2.40. The second-order valence-electron chi connectivity index (χ2n) is 5.13. The minimum atomic E-state index is -1.57. The maximum Gasteiger partial charge on any atom is 0.334 e. The number of carboxylic acids is 1. The number of amides is 1. The molecule has 1 aromatic heterocycles. The summed E-state index contributed by atoms with van der Waals surface area (Å²) < 4.78 is 1.08. The SMILES string of the molecule is CCC(NC(=O)Cn1cc([N+](=O)[O-])cn1)(C(=O)O)c1ccccc1. The van der Waals surface area contributed by atoms with Crippen molar-refractivity contribution in [3.63, 3.8) is 0 Å². The minimum absolute atomic E-state index is 0.136. The van der Waals surface area contributed by atoms with E-state index in [2.05, 4.69) is 10.4 Å². The first kappa shape index (κ1) is 17.1. The van der Waals surface area contributed by atoms with Gasteiger partial charge in [-0.2, -0.15) is 5.10 Å². The Kier molecular flexibility index (Phi) is 4.93. The van der Waals surface area contributed by atoms with Crippen molar-refractivity contribution in [2.75, 3.05) is 0 Å². The van der Waals surface area contributed by atoms with Gasteiger partial charge in [0.05, 0.1) is 4.92 Å². The summed E-state index contributed by atoms with van der Waals surface area (Å²) in [5.74, 6) is -1.79. The Labute approximate surface area is 137 Å². The number of benzene rings is 1. The van der Waals surface area contributed by atoms with Crippen LogP contribution in [0.15, 0.2) is 42.7 Å². The van der Waals surface area contributed by atoms with Crippen LogP contribution in [0.1, 0.15) is 18.9 Å². The molecule has 1 heterocycles. The largest absolute Gasteiger partial charge is 0.479 e. The first-order chi connectivity index (χ1) is 11.4. The van der Waals surface area contributed by atoms with Crippen LogP contribution in [0.4, 0.5) is 5.69 Å². The lowest BCUT2D eigenvalue weighted by Crippen LogP contribution is -2.52. The van der Waals surface area contributed by atoms with Gasteiger partial charge in [0.1, 0.15) is 18.9 Å². The maximum atomic E-state index is 12.2. The van der Waals surface area contributed by atoms with Crippen LogP contribution < -0.4 is 5.32 Å². The van der Waals surface area contributed by atoms with Crippen LogP contribution >= 0.6 is 0 Å². The number of nitro groups is 1. The number of rotatable bonds is 7. The smallest absolute Gasteiger partial charge is 0.334 e. The molecule has 1 amide bonds. The van der Waals surface area contributed by atoms with Crippen LogP contribution in [0.25, 0.3) is 0 Å². The molecule has 0 aliphatic carbocycles. The van der Waals surface area contributed by atoms with Crippen LogP contribution in [0.5, 0.6) is 0 Å². The van der Waals surface area contributed by atoms with E-state index >= 15 is 0 Å². The molecule has 0 aliphatic heterocycles. The summed E-state index contributed by atoms with van der Waals surface area (Å²) in [6, 6.07) is 8.36. The Morgan fingerprint density at radius 3 is 2.54 bits per heavy atom. The monoisotopic (exact) mass is 332 g/mol. The third kappa shape index (κ3) is 3.40. The van der Waals surface area contributed by atoms with Crippen LogP contribution in [0.3, 0.4) is 0 Å². The van der Waals surface area contributed by atoms with E-state index in [-0.39, 0.29) is 18.7 Å². The molecule has 0 spiro atoms. The summed E-state index contributed by atoms with van der Waals surface area (Å²) in [6.45, 7) is 1.33. The summed E-state index contributed by atoms with van der Waals surface area (Å²) >= 11 is 0. The second-order valence-corrected chi connectivity index (χ2v) is 5.13. The minimum Gasteiger partial charge on any atom is -0.479 e. The molecule has 0 radical (unpaired) electrons. The standard InChI is InChI=1S/C15H16N4O5/c1-2-15(14(21)22,11-6-4-3-5-7-11)17-13(20)10-18-9-12(8-16-18)19(23)24/h3-9H,2,10H2,1H3,(H,17,20)(H,21,22). The second kappa shape index (κ2) is 6.90. The molecule has 2 rings (SSSR count). The maximum absolute atomic E-state index is 12.2. The van der Waals surface area contributed by atoms with Gasteiger partial charge in [-0.25, -0.2) is 4.79 Å². The summed E-state index contributed by atoms with van der Waals surface area (Å²) in [7, 11) is 0. The van der Waals surface area contributed by atoms with Crippen LogP contribution in [-0.2, 0) is 21.7 Å². The number of carboxylic acid groups (broad SMARTS) is 1. The van der Waals surface area contributed by atoms with Crippen molar-refractivity contribution in [2.45, 2.75) is 25.4 Å². The van der Waals surface area contributed by atoms with E-state index in [1.807, 2.05) is 0 Å². The lowest BCUT2D eigenvalue weighted by Gasteiger charge is -2.30. The first-order valence-corrected chi connectivity index (χ1v) is 7.16. The number of hydrogen-bond donors (Lipinski definition) is 2. The summed E-state index contributed by atoms with van der Waals surface area (Å²) in [5, 5.41) is 26.5. The molecule has 1 aromatic carbocycles. The fraction of sp³-hybridized carbons (Fsp3) is 0.267. The van der Waals surface area contributed by atoms with Gasteiger partial charge in [-0.15, -0.1) is 0 Å². The number of nitrogens with one attached hydrogen (secondary N) is 1. The number of carbonyl (C=O) groups is 2. The highest BCUT2D eigenvalue weighted by Crippen LogP contribution is 2.25. The lowest BCUT2D eigenvalue weighted by atomic mass is 9.87. The number of aromatic nitrogens is 2. The Hall–Kier alpha value is -3.23. The van der Waals surface area contributed by atoms with Crippen molar-refractivity contribution in [2.24, 2.45) is 0 Å². The van der Waals surface area contributed by atoms with Crippen molar-refractivity contribution in [1.82, 2.24) is 15.1 Å². The molecule has 2 aromatic rings. The third-order valence-corrected chi connectivity index (χ3v) is 3.65. The lowest BCUT2D eigenvalue weighted by molar-refractivity contribution is -0.385. The first-order valence-electron chi connectivity index (χ1n) is 7.16. The predicted octanol–water partition coefficient (Wildman–Crippen LogP) is 1.30. The average Bonchev–Trinajstić information content (AvgIpc) is 3.02. The van der Waals surface area contributed by atoms with Gasteiger partial charge in [-0.1, -0.05) is 37.3 Å². The number of nitrogens with zero attached hydrogens (tertiary/aromatic N) is 3. The van der Waals surface area contributed by atoms with Gasteiger partial charge in [-0.3, -0.25) is 19.6 Å². The van der Waals surface area contributed by atoms with Crippen LogP contribution in [0, 0.1) is 10.1 Å². The fourth-order valence-electron chi connectivity index (χ4n) is 2.37. The van der Waals surface area contributed by atoms with Gasteiger partial charge in [0.15, 0.2) is 5.54 Å². The van der Waals surface area contributed by atoms with Crippen molar-refractivity contribution < 1.29 is 19.6 Å². The molecular formula is C15H16N4O5. The van der Waals surface area contributed by atoms with E-state index in [1.54, 1.807) is 37.3 Å². The van der Waals surface area contributed by atoms with E-state index in [1.165, 1.54) is 0 Å². The molecule has 1 unspecified atom stereocenters. The molecule has 0 saturated heterocycles. The van der Waals surface area contributed by atoms with E-state index < -0.39 is 22.3 Å². The number of hydrogen-bond acceptors (Lipinski definition) is 5. The molecular weight excluding hydrogens is 316 g/mol. The molecule has 1 atom stereocenters.